The topological polar surface area (TPSA) is 31.4 Å². The molecule has 0 saturated heterocycles. The van der Waals surface area contributed by atoms with E-state index < -0.39 is 0 Å². The highest BCUT2D eigenvalue weighted by molar-refractivity contribution is 5.68. The third kappa shape index (κ3) is 2.36. The number of methoxy groups -OCH3 is 2. The Hall–Kier alpha value is -2.10. The zero-order valence-electron chi connectivity index (χ0n) is 9.61. The van der Waals surface area contributed by atoms with Crippen molar-refractivity contribution in [3.8, 4) is 22.9 Å². The molecular formula is C13H12FNO2. The fraction of sp³-hybridized carbons (Fsp3) is 0.154. The van der Waals surface area contributed by atoms with E-state index in [1.807, 2.05) is 0 Å². The van der Waals surface area contributed by atoms with Gasteiger partial charge in [0.1, 0.15) is 5.82 Å². The summed E-state index contributed by atoms with van der Waals surface area (Å²) in [7, 11) is 3.05. The Morgan fingerprint density at radius 2 is 1.88 bits per heavy atom. The van der Waals surface area contributed by atoms with Crippen LogP contribution < -0.4 is 9.47 Å². The lowest BCUT2D eigenvalue weighted by molar-refractivity contribution is 0.366. The fourth-order valence-electron chi connectivity index (χ4n) is 1.57. The van der Waals surface area contributed by atoms with E-state index in [0.29, 0.717) is 11.8 Å². The number of hydrogen-bond donors (Lipinski definition) is 0. The zero-order valence-corrected chi connectivity index (χ0v) is 9.61. The molecule has 0 aliphatic rings. The second kappa shape index (κ2) is 4.82. The molecule has 0 bridgehead atoms. The Balaban J connectivity index is 2.51. The molecule has 0 atom stereocenters. The summed E-state index contributed by atoms with van der Waals surface area (Å²) in [6.45, 7) is 0. The largest absolute Gasteiger partial charge is 0.481 e. The molecule has 2 rings (SSSR count). The second-order valence-corrected chi connectivity index (χ2v) is 3.42. The predicted octanol–water partition coefficient (Wildman–Crippen LogP) is 2.90. The lowest BCUT2D eigenvalue weighted by Crippen LogP contribution is -1.95. The molecule has 2 aromatic rings. The molecule has 0 fully saturated rings. The van der Waals surface area contributed by atoms with Gasteiger partial charge in [-0.2, -0.15) is 4.98 Å². The maximum atomic E-state index is 13.1. The zero-order chi connectivity index (χ0) is 12.3. The fourth-order valence-corrected chi connectivity index (χ4v) is 1.57. The Kier molecular flexibility index (Phi) is 3.23. The lowest BCUT2D eigenvalue weighted by Gasteiger charge is -2.09. The van der Waals surface area contributed by atoms with Crippen molar-refractivity contribution < 1.29 is 13.9 Å². The summed E-state index contributed by atoms with van der Waals surface area (Å²) in [5, 5.41) is 0. The first-order valence-corrected chi connectivity index (χ1v) is 5.09. The monoisotopic (exact) mass is 233 g/mol. The minimum atomic E-state index is -0.291. The highest BCUT2D eigenvalue weighted by atomic mass is 19.1. The molecule has 17 heavy (non-hydrogen) atoms. The first-order chi connectivity index (χ1) is 8.24. The maximum absolute atomic E-state index is 13.1. The van der Waals surface area contributed by atoms with E-state index in [-0.39, 0.29) is 5.82 Å². The van der Waals surface area contributed by atoms with E-state index in [1.165, 1.54) is 26.4 Å². The lowest BCUT2D eigenvalue weighted by atomic mass is 10.1. The van der Waals surface area contributed by atoms with Crippen molar-refractivity contribution in [2.75, 3.05) is 14.2 Å². The van der Waals surface area contributed by atoms with Crippen LogP contribution in [0, 0.1) is 5.82 Å². The Bertz CT molecular complexity index is 529. The van der Waals surface area contributed by atoms with Gasteiger partial charge in [-0.3, -0.25) is 0 Å². The van der Waals surface area contributed by atoms with E-state index in [0.717, 1.165) is 11.1 Å². The van der Waals surface area contributed by atoms with Crippen molar-refractivity contribution in [3.05, 3.63) is 42.2 Å². The predicted molar refractivity (Wildman–Crippen MR) is 62.7 cm³/mol. The van der Waals surface area contributed by atoms with Crippen LogP contribution in [0.3, 0.4) is 0 Å². The average molecular weight is 233 g/mol. The molecule has 1 aromatic carbocycles. The minimum absolute atomic E-state index is 0.291. The van der Waals surface area contributed by atoms with Crippen molar-refractivity contribution >= 4 is 0 Å². The molecular weight excluding hydrogens is 221 g/mol. The molecule has 0 aliphatic carbocycles. The molecule has 1 heterocycles. The number of halogens is 1. The maximum Gasteiger partial charge on any atom is 0.224 e. The first-order valence-electron chi connectivity index (χ1n) is 5.09. The van der Waals surface area contributed by atoms with Crippen molar-refractivity contribution in [1.82, 2.24) is 4.98 Å². The Labute approximate surface area is 98.8 Å². The summed E-state index contributed by atoms with van der Waals surface area (Å²) in [6, 6.07) is 9.78. The van der Waals surface area contributed by atoms with Gasteiger partial charge in [0.15, 0.2) is 0 Å². The molecule has 3 nitrogen and oxygen atoms in total. The number of aromatic nitrogens is 1. The van der Waals surface area contributed by atoms with Gasteiger partial charge in [-0.05, 0) is 23.8 Å². The molecule has 0 radical (unpaired) electrons. The van der Waals surface area contributed by atoms with Crippen LogP contribution in [0.25, 0.3) is 11.1 Å². The highest BCUT2D eigenvalue weighted by Crippen LogP contribution is 2.30. The van der Waals surface area contributed by atoms with E-state index in [4.69, 9.17) is 9.47 Å². The Morgan fingerprint density at radius 1 is 1.06 bits per heavy atom. The number of hydrogen-bond acceptors (Lipinski definition) is 3. The van der Waals surface area contributed by atoms with Crippen molar-refractivity contribution in [2.24, 2.45) is 0 Å². The molecule has 0 amide bonds. The van der Waals surface area contributed by atoms with E-state index >= 15 is 0 Å². The highest BCUT2D eigenvalue weighted by Gasteiger charge is 2.09. The molecule has 4 heteroatoms. The Morgan fingerprint density at radius 3 is 2.53 bits per heavy atom. The van der Waals surface area contributed by atoms with Crippen molar-refractivity contribution in [3.63, 3.8) is 0 Å². The molecule has 0 saturated carbocycles. The molecule has 0 aliphatic heterocycles. The van der Waals surface area contributed by atoms with Crippen LogP contribution in [-0.2, 0) is 0 Å². The van der Waals surface area contributed by atoms with Gasteiger partial charge in [-0.1, -0.05) is 12.1 Å². The molecule has 1 aromatic heterocycles. The van der Waals surface area contributed by atoms with Gasteiger partial charge < -0.3 is 9.47 Å². The van der Waals surface area contributed by atoms with Gasteiger partial charge in [0.05, 0.1) is 14.2 Å². The van der Waals surface area contributed by atoms with Crippen molar-refractivity contribution in [1.29, 1.82) is 0 Å². The average Bonchev–Trinajstić information content (AvgIpc) is 2.38. The van der Waals surface area contributed by atoms with Crippen LogP contribution in [0.4, 0.5) is 4.39 Å². The normalized spacial score (nSPS) is 10.1. The van der Waals surface area contributed by atoms with Gasteiger partial charge in [0.25, 0.3) is 0 Å². The standard InChI is InChI=1S/C13H12FNO2/c1-16-12-7-6-11(13(15-12)17-2)9-4-3-5-10(14)8-9/h3-8H,1-2H3. The number of pyridine rings is 1. The molecule has 88 valence electrons. The third-order valence-corrected chi connectivity index (χ3v) is 2.37. The smallest absolute Gasteiger partial charge is 0.224 e. The van der Waals surface area contributed by atoms with Crippen LogP contribution in [0.5, 0.6) is 11.8 Å². The van der Waals surface area contributed by atoms with Crippen LogP contribution in [0.2, 0.25) is 0 Å². The summed E-state index contributed by atoms with van der Waals surface area (Å²) < 4.78 is 23.3. The minimum Gasteiger partial charge on any atom is -0.481 e. The molecule has 0 spiro atoms. The number of nitrogens with zero attached hydrogens (tertiary/aromatic N) is 1. The van der Waals surface area contributed by atoms with Gasteiger partial charge in [-0.25, -0.2) is 4.39 Å². The molecule has 0 N–H and O–H groups in total. The number of benzene rings is 1. The quantitative estimate of drug-likeness (QED) is 0.816. The molecule has 0 unspecified atom stereocenters. The SMILES string of the molecule is COc1ccc(-c2cccc(F)c2)c(OC)n1. The summed E-state index contributed by atoms with van der Waals surface area (Å²) in [5.74, 6) is 0.581. The van der Waals surface area contributed by atoms with E-state index in [2.05, 4.69) is 4.98 Å². The van der Waals surface area contributed by atoms with Crippen molar-refractivity contribution in [2.45, 2.75) is 0 Å². The van der Waals surface area contributed by atoms with Crippen LogP contribution in [0.1, 0.15) is 0 Å². The number of ether oxygens (including phenoxy) is 2. The second-order valence-electron chi connectivity index (χ2n) is 3.42. The van der Waals surface area contributed by atoms with Gasteiger partial charge in [0, 0.05) is 11.6 Å². The van der Waals surface area contributed by atoms with E-state index in [9.17, 15) is 4.39 Å². The van der Waals surface area contributed by atoms with Gasteiger partial charge in [0.2, 0.25) is 11.8 Å². The van der Waals surface area contributed by atoms with Crippen LogP contribution in [0.15, 0.2) is 36.4 Å². The summed E-state index contributed by atoms with van der Waals surface area (Å²) in [4.78, 5) is 4.15. The van der Waals surface area contributed by atoms with Gasteiger partial charge >= 0.3 is 0 Å². The summed E-state index contributed by atoms with van der Waals surface area (Å²) in [6.07, 6.45) is 0. The first kappa shape index (κ1) is 11.4. The van der Waals surface area contributed by atoms with Gasteiger partial charge in [-0.15, -0.1) is 0 Å². The van der Waals surface area contributed by atoms with Crippen LogP contribution >= 0.6 is 0 Å². The summed E-state index contributed by atoms with van der Waals surface area (Å²) >= 11 is 0. The third-order valence-electron chi connectivity index (χ3n) is 2.37. The van der Waals surface area contributed by atoms with Crippen LogP contribution in [-0.4, -0.2) is 19.2 Å². The van der Waals surface area contributed by atoms with E-state index in [1.54, 1.807) is 24.3 Å². The number of rotatable bonds is 3. The summed E-state index contributed by atoms with van der Waals surface area (Å²) in [5.41, 5.74) is 1.45.